The molecule has 0 radical (unpaired) electrons. The summed E-state index contributed by atoms with van der Waals surface area (Å²) in [6.07, 6.45) is -23.6. The first-order valence-corrected chi connectivity index (χ1v) is 12.4. The number of alkyl halides is 13. The second-order valence-corrected chi connectivity index (χ2v) is 9.77. The zero-order valence-electron chi connectivity index (χ0n) is 21.9. The molecule has 21 heteroatoms. The van der Waals surface area contributed by atoms with Crippen molar-refractivity contribution in [3.05, 3.63) is 81.3 Å². The third-order valence-corrected chi connectivity index (χ3v) is 6.51. The van der Waals surface area contributed by atoms with Gasteiger partial charge in [-0.3, -0.25) is 14.6 Å². The lowest BCUT2D eigenvalue weighted by atomic mass is 9.93. The maximum Gasteiger partial charge on any atom is 0.573 e. The molecule has 0 saturated carbocycles. The summed E-state index contributed by atoms with van der Waals surface area (Å²) in [6.45, 7) is 0. The van der Waals surface area contributed by atoms with Crippen molar-refractivity contribution in [2.75, 3.05) is 17.3 Å². The van der Waals surface area contributed by atoms with Crippen molar-refractivity contribution in [1.82, 2.24) is 4.98 Å². The van der Waals surface area contributed by atoms with Crippen molar-refractivity contribution in [2.24, 2.45) is 0 Å². The lowest BCUT2D eigenvalue weighted by Gasteiger charge is -2.31. The van der Waals surface area contributed by atoms with Gasteiger partial charge in [-0.1, -0.05) is 6.07 Å². The summed E-state index contributed by atoms with van der Waals surface area (Å²) in [5.41, 5.74) is -13.6. The summed E-state index contributed by atoms with van der Waals surface area (Å²) in [7, 11) is 0.912. The van der Waals surface area contributed by atoms with E-state index in [0.29, 0.717) is 29.3 Å². The standard InChI is InChI=1S/C25H12BrF14N3O3/c1-43(20(45)10-5-6-16(41-9-10)22(29,30)31)14-4-2-3-12(17(14)27)19(44)42-18-13(26)7-11(8-15(18)46-25(38,39)40)21(28,23(32,33)34)24(35,36)37/h2-9H,1H3,(H,42,44). The molecule has 0 spiro atoms. The molecule has 0 unspecified atom stereocenters. The number of amides is 2. The van der Waals surface area contributed by atoms with Crippen molar-refractivity contribution >= 4 is 39.1 Å². The molecule has 3 aromatic rings. The van der Waals surface area contributed by atoms with Crippen LogP contribution in [-0.4, -0.2) is 42.6 Å². The van der Waals surface area contributed by atoms with Gasteiger partial charge in [0.25, 0.3) is 11.8 Å². The fourth-order valence-corrected chi connectivity index (χ4v) is 4.26. The molecule has 1 aromatic heterocycles. The van der Waals surface area contributed by atoms with E-state index in [0.717, 1.165) is 19.2 Å². The van der Waals surface area contributed by atoms with E-state index in [1.165, 1.54) is 0 Å². The number of benzene rings is 2. The molecule has 1 N–H and O–H groups in total. The van der Waals surface area contributed by atoms with E-state index in [9.17, 15) is 66.7 Å². The van der Waals surface area contributed by atoms with Crippen LogP contribution in [0.3, 0.4) is 0 Å². The maximum absolute atomic E-state index is 15.4. The molecule has 1 heterocycles. The van der Waals surface area contributed by atoms with Crippen LogP contribution in [0.5, 0.6) is 5.75 Å². The van der Waals surface area contributed by atoms with Crippen molar-refractivity contribution in [1.29, 1.82) is 0 Å². The van der Waals surface area contributed by atoms with Gasteiger partial charge in [-0.15, -0.1) is 13.2 Å². The zero-order valence-corrected chi connectivity index (χ0v) is 23.5. The summed E-state index contributed by atoms with van der Waals surface area (Å²) in [5, 5.41) is 1.61. The maximum atomic E-state index is 15.4. The molecule has 6 nitrogen and oxygen atoms in total. The number of ether oxygens (including phenoxy) is 1. The molecule has 3 rings (SSSR count). The van der Waals surface area contributed by atoms with Crippen LogP contribution in [0, 0.1) is 5.82 Å². The molecule has 46 heavy (non-hydrogen) atoms. The average Bonchev–Trinajstić information content (AvgIpc) is 2.91. The molecule has 2 amide bonds. The van der Waals surface area contributed by atoms with Gasteiger partial charge in [-0.25, -0.2) is 8.78 Å². The van der Waals surface area contributed by atoms with Crippen molar-refractivity contribution in [3.8, 4) is 5.75 Å². The smallest absolute Gasteiger partial charge is 0.404 e. The second-order valence-electron chi connectivity index (χ2n) is 8.92. The Morgan fingerprint density at radius 3 is 1.93 bits per heavy atom. The van der Waals surface area contributed by atoms with Crippen LogP contribution < -0.4 is 15.0 Å². The number of hydrogen-bond donors (Lipinski definition) is 1. The minimum atomic E-state index is -6.74. The summed E-state index contributed by atoms with van der Waals surface area (Å²) in [5.74, 6) is -6.39. The van der Waals surface area contributed by atoms with Gasteiger partial charge >= 0.3 is 30.6 Å². The average molecular weight is 748 g/mol. The third-order valence-electron chi connectivity index (χ3n) is 5.89. The quantitative estimate of drug-likeness (QED) is 0.256. The van der Waals surface area contributed by atoms with Gasteiger partial charge in [0.15, 0.2) is 11.6 Å². The minimum absolute atomic E-state index is 0.239. The summed E-state index contributed by atoms with van der Waals surface area (Å²) >= 11 is 2.36. The number of carbonyl (C=O) groups excluding carboxylic acids is 2. The van der Waals surface area contributed by atoms with E-state index in [-0.39, 0.29) is 6.07 Å². The van der Waals surface area contributed by atoms with E-state index < -0.39 is 98.2 Å². The van der Waals surface area contributed by atoms with Gasteiger partial charge in [0, 0.05) is 23.3 Å². The topological polar surface area (TPSA) is 71.5 Å². The fraction of sp³-hybridized carbons (Fsp3) is 0.240. The summed E-state index contributed by atoms with van der Waals surface area (Å²) in [6, 6.07) is 2.80. The molecule has 250 valence electrons. The number of halogens is 15. The fourth-order valence-electron chi connectivity index (χ4n) is 3.72. The molecule has 0 aliphatic rings. The number of nitrogens with zero attached hydrogens (tertiary/aromatic N) is 2. The normalized spacial score (nSPS) is 13.0. The lowest BCUT2D eigenvalue weighted by Crippen LogP contribution is -2.50. The first-order chi connectivity index (χ1) is 20.8. The van der Waals surface area contributed by atoms with Crippen LogP contribution >= 0.6 is 15.9 Å². The van der Waals surface area contributed by atoms with Gasteiger partial charge < -0.3 is 15.0 Å². The van der Waals surface area contributed by atoms with Crippen LogP contribution in [0.15, 0.2) is 53.1 Å². The number of rotatable bonds is 6. The number of carbonyl (C=O) groups is 2. The first-order valence-electron chi connectivity index (χ1n) is 11.6. The number of pyridine rings is 1. The Bertz CT molecular complexity index is 1620. The molecule has 0 aliphatic carbocycles. The highest BCUT2D eigenvalue weighted by Gasteiger charge is 2.73. The highest BCUT2D eigenvalue weighted by molar-refractivity contribution is 9.10. The van der Waals surface area contributed by atoms with Crippen LogP contribution in [0.1, 0.15) is 32.0 Å². The predicted molar refractivity (Wildman–Crippen MR) is 132 cm³/mol. The number of hydrogen-bond acceptors (Lipinski definition) is 4. The summed E-state index contributed by atoms with van der Waals surface area (Å²) < 4.78 is 189. The predicted octanol–water partition coefficient (Wildman–Crippen LogP) is 8.72. The Kier molecular flexibility index (Phi) is 9.64. The van der Waals surface area contributed by atoms with Gasteiger partial charge in [0.1, 0.15) is 5.69 Å². The van der Waals surface area contributed by atoms with E-state index in [1.54, 1.807) is 5.32 Å². The van der Waals surface area contributed by atoms with Gasteiger partial charge in [0.05, 0.1) is 22.5 Å². The Morgan fingerprint density at radius 2 is 1.46 bits per heavy atom. The van der Waals surface area contributed by atoms with E-state index >= 15 is 4.39 Å². The Balaban J connectivity index is 2.04. The Hall–Kier alpha value is -4.17. The van der Waals surface area contributed by atoms with Crippen LogP contribution in [-0.2, 0) is 11.8 Å². The van der Waals surface area contributed by atoms with Gasteiger partial charge in [0.2, 0.25) is 0 Å². The monoisotopic (exact) mass is 747 g/mol. The highest BCUT2D eigenvalue weighted by atomic mass is 79.9. The first kappa shape index (κ1) is 36.3. The molecule has 2 aromatic carbocycles. The molecule has 0 saturated heterocycles. The second kappa shape index (κ2) is 12.2. The molecule has 0 fully saturated rings. The zero-order chi connectivity index (χ0) is 35.2. The van der Waals surface area contributed by atoms with Crippen molar-refractivity contribution in [2.45, 2.75) is 30.6 Å². The molecular formula is C25H12BrF14N3O3. The largest absolute Gasteiger partial charge is 0.573 e. The third kappa shape index (κ3) is 7.28. The van der Waals surface area contributed by atoms with Crippen LogP contribution in [0.25, 0.3) is 0 Å². The summed E-state index contributed by atoms with van der Waals surface area (Å²) in [4.78, 5) is 29.2. The molecule has 0 bridgehead atoms. The number of nitrogens with one attached hydrogen (secondary N) is 1. The van der Waals surface area contributed by atoms with Gasteiger partial charge in [-0.05, 0) is 52.3 Å². The van der Waals surface area contributed by atoms with Crippen molar-refractivity contribution < 1.29 is 75.8 Å². The highest BCUT2D eigenvalue weighted by Crippen LogP contribution is 2.55. The van der Waals surface area contributed by atoms with E-state index in [4.69, 9.17) is 0 Å². The SMILES string of the molecule is CN(C(=O)c1ccc(C(F)(F)F)nc1)c1cccc(C(=O)Nc2c(Br)cc(C(F)(C(F)(F)F)C(F)(F)F)cc2OC(F)(F)F)c1F. The van der Waals surface area contributed by atoms with Crippen LogP contribution in [0.4, 0.5) is 72.8 Å². The van der Waals surface area contributed by atoms with E-state index in [1.807, 2.05) is 0 Å². The molecule has 0 atom stereocenters. The van der Waals surface area contributed by atoms with Crippen molar-refractivity contribution in [3.63, 3.8) is 0 Å². The van der Waals surface area contributed by atoms with E-state index in [2.05, 4.69) is 25.7 Å². The Morgan fingerprint density at radius 1 is 0.870 bits per heavy atom. The number of aromatic nitrogens is 1. The molecule has 0 aliphatic heterocycles. The number of anilines is 2. The van der Waals surface area contributed by atoms with Crippen LogP contribution in [0.2, 0.25) is 0 Å². The molecular weight excluding hydrogens is 736 g/mol. The lowest BCUT2D eigenvalue weighted by molar-refractivity contribution is -0.348. The van der Waals surface area contributed by atoms with Gasteiger partial charge in [-0.2, -0.15) is 39.5 Å². The Labute approximate surface area is 255 Å². The minimum Gasteiger partial charge on any atom is -0.404 e.